The lowest BCUT2D eigenvalue weighted by atomic mass is 9.92. The van der Waals surface area contributed by atoms with Crippen LogP contribution in [0.25, 0.3) is 23.1 Å². The molecule has 202 valence electrons. The van der Waals surface area contributed by atoms with Crippen LogP contribution >= 0.6 is 0 Å². The summed E-state index contributed by atoms with van der Waals surface area (Å²) >= 11 is 0. The Morgan fingerprint density at radius 1 is 1.03 bits per heavy atom. The zero-order valence-corrected chi connectivity index (χ0v) is 22.0. The molecule has 2 heterocycles. The molecule has 5 rings (SSSR count). The molecule has 1 aliphatic heterocycles. The Kier molecular flexibility index (Phi) is 8.54. The van der Waals surface area contributed by atoms with Gasteiger partial charge in [0.15, 0.2) is 0 Å². The molecule has 0 unspecified atom stereocenters. The third kappa shape index (κ3) is 6.29. The fourth-order valence-electron chi connectivity index (χ4n) is 5.24. The van der Waals surface area contributed by atoms with Crippen molar-refractivity contribution in [3.63, 3.8) is 0 Å². The number of rotatable bonds is 10. The van der Waals surface area contributed by atoms with E-state index in [2.05, 4.69) is 40.7 Å². The number of hydrogen-bond acceptors (Lipinski definition) is 5. The van der Waals surface area contributed by atoms with Crippen molar-refractivity contribution >= 4 is 29.0 Å². The Labute approximate surface area is 228 Å². The fraction of sp³-hybridized carbons (Fsp3) is 0.281. The highest BCUT2D eigenvalue weighted by atomic mass is 16.7. The lowest BCUT2D eigenvalue weighted by Gasteiger charge is -2.24. The van der Waals surface area contributed by atoms with Crippen LogP contribution in [0, 0.1) is 5.92 Å². The van der Waals surface area contributed by atoms with Crippen LogP contribution in [-0.4, -0.2) is 57.6 Å². The van der Waals surface area contributed by atoms with Crippen molar-refractivity contribution < 1.29 is 19.8 Å². The van der Waals surface area contributed by atoms with Gasteiger partial charge in [-0.3, -0.25) is 9.63 Å². The van der Waals surface area contributed by atoms with Crippen molar-refractivity contribution in [2.75, 3.05) is 13.2 Å². The third-order valence-corrected chi connectivity index (χ3v) is 7.30. The standard InChI is InChI=1S/C32H35N3O4/c1-22(37)31-28(21-36)30(32(38)33-18-17-26-19-34-29-10-6-5-9-27(26)29)35(39-31)20-25-15-13-24(14-16-25)12-11-23-7-3-2-4-8-23/h2-16,19,22,28,30-31,34,36-37H,17-18,20-21H2,1H3,(H,33,38)/b12-11-/t22-,28-,30-,31-/m0/s1. The highest BCUT2D eigenvalue weighted by Gasteiger charge is 2.48. The number of amides is 1. The number of aromatic amines is 1. The molecule has 0 saturated carbocycles. The van der Waals surface area contributed by atoms with E-state index in [0.717, 1.165) is 33.2 Å². The second kappa shape index (κ2) is 12.4. The van der Waals surface area contributed by atoms with Gasteiger partial charge in [-0.15, -0.1) is 0 Å². The summed E-state index contributed by atoms with van der Waals surface area (Å²) in [5, 5.41) is 26.3. The number of aliphatic hydroxyl groups excluding tert-OH is 2. The zero-order chi connectivity index (χ0) is 27.2. The third-order valence-electron chi connectivity index (χ3n) is 7.30. The number of H-pyrrole nitrogens is 1. The van der Waals surface area contributed by atoms with Gasteiger partial charge in [0.25, 0.3) is 0 Å². The number of aliphatic hydroxyl groups is 2. The van der Waals surface area contributed by atoms with Crippen molar-refractivity contribution in [2.24, 2.45) is 5.92 Å². The van der Waals surface area contributed by atoms with Gasteiger partial charge in [-0.05, 0) is 41.7 Å². The summed E-state index contributed by atoms with van der Waals surface area (Å²) in [6.45, 7) is 2.15. The first kappa shape index (κ1) is 26.8. The highest BCUT2D eigenvalue weighted by molar-refractivity contribution is 5.84. The largest absolute Gasteiger partial charge is 0.396 e. The van der Waals surface area contributed by atoms with Crippen LogP contribution in [0.5, 0.6) is 0 Å². The minimum Gasteiger partial charge on any atom is -0.396 e. The number of nitrogens with zero attached hydrogens (tertiary/aromatic N) is 1. The molecule has 4 aromatic rings. The normalized spacial score (nSPS) is 20.5. The van der Waals surface area contributed by atoms with Crippen molar-refractivity contribution in [3.8, 4) is 0 Å². The maximum atomic E-state index is 13.4. The second-order valence-electron chi connectivity index (χ2n) is 10.1. The topological polar surface area (TPSA) is 97.8 Å². The van der Waals surface area contributed by atoms with Crippen LogP contribution in [0.2, 0.25) is 0 Å². The smallest absolute Gasteiger partial charge is 0.240 e. The first-order valence-corrected chi connectivity index (χ1v) is 13.4. The quantitative estimate of drug-likeness (QED) is 0.233. The predicted octanol–water partition coefficient (Wildman–Crippen LogP) is 4.17. The molecular weight excluding hydrogens is 490 g/mol. The SMILES string of the molecule is C[C@H](O)[C@@H]1ON(Cc2ccc(/C=C\c3ccccc3)cc2)[C@H](C(=O)NCCc2c[nH]c3ccccc23)[C@@H]1CO. The monoisotopic (exact) mass is 525 g/mol. The van der Waals surface area contributed by atoms with E-state index in [-0.39, 0.29) is 12.5 Å². The highest BCUT2D eigenvalue weighted by Crippen LogP contribution is 2.31. The van der Waals surface area contributed by atoms with Gasteiger partial charge in [0, 0.05) is 29.6 Å². The van der Waals surface area contributed by atoms with E-state index in [1.165, 1.54) is 0 Å². The minimum atomic E-state index is -0.834. The molecule has 0 radical (unpaired) electrons. The number of benzene rings is 3. The number of hydroxylamine groups is 2. The first-order chi connectivity index (χ1) is 19.0. The van der Waals surface area contributed by atoms with E-state index >= 15 is 0 Å². The summed E-state index contributed by atoms with van der Waals surface area (Å²) in [5.41, 5.74) is 5.35. The summed E-state index contributed by atoms with van der Waals surface area (Å²) in [5.74, 6) is -0.773. The Bertz CT molecular complexity index is 1400. The lowest BCUT2D eigenvalue weighted by molar-refractivity contribution is -0.192. The maximum Gasteiger partial charge on any atom is 0.240 e. The van der Waals surface area contributed by atoms with Gasteiger partial charge in [-0.1, -0.05) is 84.9 Å². The van der Waals surface area contributed by atoms with Gasteiger partial charge >= 0.3 is 0 Å². The number of carbonyl (C=O) groups excluding carboxylic acids is 1. The van der Waals surface area contributed by atoms with Crippen molar-refractivity contribution in [1.29, 1.82) is 0 Å². The van der Waals surface area contributed by atoms with Gasteiger partial charge in [0.1, 0.15) is 12.1 Å². The molecule has 1 saturated heterocycles. The van der Waals surface area contributed by atoms with Crippen LogP contribution in [0.1, 0.15) is 29.2 Å². The second-order valence-corrected chi connectivity index (χ2v) is 10.1. The minimum absolute atomic E-state index is 0.223. The zero-order valence-electron chi connectivity index (χ0n) is 22.0. The predicted molar refractivity (Wildman–Crippen MR) is 153 cm³/mol. The Morgan fingerprint density at radius 3 is 2.44 bits per heavy atom. The van der Waals surface area contributed by atoms with Crippen molar-refractivity contribution in [3.05, 3.63) is 107 Å². The average molecular weight is 526 g/mol. The van der Waals surface area contributed by atoms with Crippen LogP contribution in [0.4, 0.5) is 0 Å². The number of para-hydroxylation sites is 1. The number of carbonyl (C=O) groups is 1. The molecule has 7 heteroatoms. The fourth-order valence-corrected chi connectivity index (χ4v) is 5.24. The van der Waals surface area contributed by atoms with Crippen LogP contribution in [0.3, 0.4) is 0 Å². The van der Waals surface area contributed by atoms with E-state index in [9.17, 15) is 15.0 Å². The number of aromatic nitrogens is 1. The number of hydrogen-bond donors (Lipinski definition) is 4. The molecule has 3 aromatic carbocycles. The molecule has 0 spiro atoms. The Hall–Kier alpha value is -3.75. The van der Waals surface area contributed by atoms with Crippen LogP contribution in [0.15, 0.2) is 85.1 Å². The molecule has 7 nitrogen and oxygen atoms in total. The lowest BCUT2D eigenvalue weighted by Crippen LogP contribution is -2.48. The molecule has 39 heavy (non-hydrogen) atoms. The van der Waals surface area contributed by atoms with E-state index in [1.807, 2.05) is 66.9 Å². The molecule has 1 aliphatic rings. The summed E-state index contributed by atoms with van der Waals surface area (Å²) in [6, 6.07) is 25.5. The van der Waals surface area contributed by atoms with E-state index in [4.69, 9.17) is 4.84 Å². The summed E-state index contributed by atoms with van der Waals surface area (Å²) in [7, 11) is 0. The molecule has 0 bridgehead atoms. The number of fused-ring (bicyclic) bond motifs is 1. The van der Waals surface area contributed by atoms with E-state index in [1.54, 1.807) is 12.0 Å². The van der Waals surface area contributed by atoms with Crippen molar-refractivity contribution in [1.82, 2.24) is 15.4 Å². The van der Waals surface area contributed by atoms with Crippen molar-refractivity contribution in [2.45, 2.75) is 38.1 Å². The van der Waals surface area contributed by atoms with Crippen LogP contribution < -0.4 is 5.32 Å². The van der Waals surface area contributed by atoms with E-state index in [0.29, 0.717) is 19.5 Å². The maximum absolute atomic E-state index is 13.4. The van der Waals surface area contributed by atoms with Gasteiger partial charge in [-0.2, -0.15) is 5.06 Å². The van der Waals surface area contributed by atoms with Crippen LogP contribution in [-0.2, 0) is 22.6 Å². The molecule has 1 fully saturated rings. The Morgan fingerprint density at radius 2 is 1.72 bits per heavy atom. The van der Waals surface area contributed by atoms with Gasteiger partial charge in [-0.25, -0.2) is 0 Å². The van der Waals surface area contributed by atoms with Gasteiger partial charge in [0.05, 0.1) is 19.3 Å². The molecule has 4 atom stereocenters. The van der Waals surface area contributed by atoms with Gasteiger partial charge < -0.3 is 20.5 Å². The molecule has 4 N–H and O–H groups in total. The number of nitrogens with one attached hydrogen (secondary N) is 2. The molecule has 1 aromatic heterocycles. The van der Waals surface area contributed by atoms with E-state index < -0.39 is 24.2 Å². The summed E-state index contributed by atoms with van der Waals surface area (Å²) in [6.07, 6.45) is 5.26. The average Bonchev–Trinajstić information content (AvgIpc) is 3.54. The Balaban J connectivity index is 1.25. The molecule has 1 amide bonds. The summed E-state index contributed by atoms with van der Waals surface area (Å²) < 4.78 is 0. The summed E-state index contributed by atoms with van der Waals surface area (Å²) in [4.78, 5) is 22.7. The molecule has 0 aliphatic carbocycles. The van der Waals surface area contributed by atoms with Gasteiger partial charge in [0.2, 0.25) is 5.91 Å². The first-order valence-electron chi connectivity index (χ1n) is 13.4. The molecular formula is C32H35N3O4.